The lowest BCUT2D eigenvalue weighted by molar-refractivity contribution is 0.0701. The Labute approximate surface area is 142 Å². The van der Waals surface area contributed by atoms with Crippen molar-refractivity contribution in [2.45, 2.75) is 26.7 Å². The molecule has 0 amide bonds. The van der Waals surface area contributed by atoms with Gasteiger partial charge in [0, 0.05) is 11.3 Å². The first kappa shape index (κ1) is 16.3. The fourth-order valence-corrected chi connectivity index (χ4v) is 3.47. The number of carboxylic acid groups (broad SMARTS) is 1. The summed E-state index contributed by atoms with van der Waals surface area (Å²) in [7, 11) is 0. The number of H-pyrrole nitrogens is 1. The van der Waals surface area contributed by atoms with Gasteiger partial charge >= 0.3 is 5.97 Å². The van der Waals surface area contributed by atoms with E-state index in [9.17, 15) is 14.3 Å². The molecular weight excluding hydrogens is 329 g/mol. The van der Waals surface area contributed by atoms with Gasteiger partial charge in [-0.15, -0.1) is 11.3 Å². The predicted octanol–water partition coefficient (Wildman–Crippen LogP) is 3.77. The van der Waals surface area contributed by atoms with Gasteiger partial charge in [0.2, 0.25) is 0 Å². The first-order chi connectivity index (χ1) is 11.5. The third kappa shape index (κ3) is 3.21. The summed E-state index contributed by atoms with van der Waals surface area (Å²) in [5.41, 5.74) is 4.15. The zero-order chi connectivity index (χ0) is 17.3. The van der Waals surface area contributed by atoms with Crippen LogP contribution >= 0.6 is 11.3 Å². The number of aromatic amines is 1. The smallest absolute Gasteiger partial charge is 0.347 e. The van der Waals surface area contributed by atoms with Crippen molar-refractivity contribution >= 4 is 17.3 Å². The molecule has 0 saturated heterocycles. The minimum Gasteiger partial charge on any atom is -0.477 e. The molecule has 0 aliphatic carbocycles. The third-order valence-corrected chi connectivity index (χ3v) is 5.00. The van der Waals surface area contributed by atoms with Crippen LogP contribution in [0.15, 0.2) is 24.3 Å². The zero-order valence-electron chi connectivity index (χ0n) is 13.3. The average molecular weight is 345 g/mol. The molecule has 0 saturated carbocycles. The second-order valence-corrected chi connectivity index (χ2v) is 6.54. The standard InChI is InChI=1S/C17H16FN3O2S/c1-9-13(8-5-11-3-6-12(18)7-4-11)14(21-20-9)16-19-10(2)15(24-16)17(22)23/h3-4,6-7H,5,8H2,1-2H3,(H,20,21)(H,22,23). The minimum atomic E-state index is -0.976. The summed E-state index contributed by atoms with van der Waals surface area (Å²) in [6.45, 7) is 3.61. The second-order valence-electron chi connectivity index (χ2n) is 5.54. The van der Waals surface area contributed by atoms with Crippen molar-refractivity contribution in [1.82, 2.24) is 15.2 Å². The monoisotopic (exact) mass is 345 g/mol. The van der Waals surface area contributed by atoms with Gasteiger partial charge in [-0.2, -0.15) is 5.10 Å². The van der Waals surface area contributed by atoms with Crippen LogP contribution in [0.25, 0.3) is 10.7 Å². The highest BCUT2D eigenvalue weighted by Gasteiger charge is 2.20. The maximum atomic E-state index is 13.0. The number of hydrogen-bond donors (Lipinski definition) is 2. The van der Waals surface area contributed by atoms with E-state index in [1.807, 2.05) is 6.92 Å². The molecule has 2 N–H and O–H groups in total. The van der Waals surface area contributed by atoms with Gasteiger partial charge in [-0.25, -0.2) is 14.2 Å². The Morgan fingerprint density at radius 1 is 1.25 bits per heavy atom. The Morgan fingerprint density at radius 2 is 1.96 bits per heavy atom. The molecule has 3 aromatic rings. The Balaban J connectivity index is 1.87. The van der Waals surface area contributed by atoms with Crippen molar-refractivity contribution < 1.29 is 14.3 Å². The van der Waals surface area contributed by atoms with Crippen molar-refractivity contribution in [3.8, 4) is 10.7 Å². The molecule has 5 nitrogen and oxygen atoms in total. The topological polar surface area (TPSA) is 78.9 Å². The van der Waals surface area contributed by atoms with Gasteiger partial charge < -0.3 is 5.11 Å². The van der Waals surface area contributed by atoms with Gasteiger partial charge in [0.1, 0.15) is 21.4 Å². The third-order valence-electron chi connectivity index (χ3n) is 3.84. The first-order valence-corrected chi connectivity index (χ1v) is 8.26. The van der Waals surface area contributed by atoms with E-state index in [1.54, 1.807) is 19.1 Å². The van der Waals surface area contributed by atoms with Crippen LogP contribution in [0.2, 0.25) is 0 Å². The maximum Gasteiger partial charge on any atom is 0.347 e. The molecule has 2 heterocycles. The number of aromatic carboxylic acids is 1. The van der Waals surface area contributed by atoms with Crippen LogP contribution in [-0.2, 0) is 12.8 Å². The largest absolute Gasteiger partial charge is 0.477 e. The van der Waals surface area contributed by atoms with Crippen molar-refractivity contribution in [3.05, 3.63) is 57.5 Å². The molecule has 7 heteroatoms. The van der Waals surface area contributed by atoms with E-state index < -0.39 is 5.97 Å². The first-order valence-electron chi connectivity index (χ1n) is 7.45. The number of carboxylic acids is 1. The van der Waals surface area contributed by atoms with Gasteiger partial charge in [0.05, 0.1) is 5.69 Å². The van der Waals surface area contributed by atoms with Crippen LogP contribution in [0.1, 0.15) is 32.2 Å². The van der Waals surface area contributed by atoms with E-state index in [4.69, 9.17) is 0 Å². The van der Waals surface area contributed by atoms with Crippen LogP contribution in [0.4, 0.5) is 4.39 Å². The molecule has 3 rings (SSSR count). The molecule has 0 unspecified atom stereocenters. The normalized spacial score (nSPS) is 11.0. The zero-order valence-corrected chi connectivity index (χ0v) is 14.1. The fraction of sp³-hybridized carbons (Fsp3) is 0.235. The van der Waals surface area contributed by atoms with Crippen molar-refractivity contribution in [2.75, 3.05) is 0 Å². The summed E-state index contributed by atoms with van der Waals surface area (Å²) in [6, 6.07) is 6.42. The quantitative estimate of drug-likeness (QED) is 0.738. The van der Waals surface area contributed by atoms with Crippen molar-refractivity contribution in [1.29, 1.82) is 0 Å². The summed E-state index contributed by atoms with van der Waals surface area (Å²) < 4.78 is 13.0. The van der Waals surface area contributed by atoms with E-state index in [-0.39, 0.29) is 10.7 Å². The molecule has 0 fully saturated rings. The van der Waals surface area contributed by atoms with Crippen LogP contribution in [0.5, 0.6) is 0 Å². The van der Waals surface area contributed by atoms with Crippen LogP contribution in [-0.4, -0.2) is 26.3 Å². The molecule has 0 atom stereocenters. The SMILES string of the molecule is Cc1nc(-c2n[nH]c(C)c2CCc2ccc(F)cc2)sc1C(=O)O. The summed E-state index contributed by atoms with van der Waals surface area (Å²) in [6.07, 6.45) is 1.45. The van der Waals surface area contributed by atoms with Gasteiger partial charge in [-0.3, -0.25) is 5.10 Å². The molecule has 0 aliphatic rings. The second kappa shape index (κ2) is 6.52. The number of thiazole rings is 1. The molecule has 1 aromatic carbocycles. The lowest BCUT2D eigenvalue weighted by atomic mass is 10.0. The van der Waals surface area contributed by atoms with E-state index >= 15 is 0 Å². The molecular formula is C17H16FN3O2S. The predicted molar refractivity (Wildman–Crippen MR) is 89.9 cm³/mol. The van der Waals surface area contributed by atoms with Gasteiger partial charge in [-0.1, -0.05) is 12.1 Å². The number of aromatic nitrogens is 3. The highest BCUT2D eigenvalue weighted by Crippen LogP contribution is 2.30. The summed E-state index contributed by atoms with van der Waals surface area (Å²) in [5.74, 6) is -1.23. The number of rotatable bonds is 5. The average Bonchev–Trinajstić information content (AvgIpc) is 3.10. The van der Waals surface area contributed by atoms with Crippen LogP contribution < -0.4 is 0 Å². The number of nitrogens with one attached hydrogen (secondary N) is 1. The van der Waals surface area contributed by atoms with E-state index in [0.29, 0.717) is 22.8 Å². The number of aryl methyl sites for hydroxylation is 3. The lowest BCUT2D eigenvalue weighted by Gasteiger charge is -2.03. The molecule has 24 heavy (non-hydrogen) atoms. The molecule has 0 spiro atoms. The Bertz CT molecular complexity index is 884. The number of benzene rings is 1. The Hall–Kier alpha value is -2.54. The Morgan fingerprint density at radius 3 is 2.58 bits per heavy atom. The number of nitrogens with zero attached hydrogens (tertiary/aromatic N) is 2. The fourth-order valence-electron chi connectivity index (χ4n) is 2.55. The van der Waals surface area contributed by atoms with E-state index in [1.165, 1.54) is 12.1 Å². The van der Waals surface area contributed by atoms with E-state index in [2.05, 4.69) is 15.2 Å². The van der Waals surface area contributed by atoms with Gasteiger partial charge in [-0.05, 0) is 44.4 Å². The molecule has 2 aromatic heterocycles. The van der Waals surface area contributed by atoms with Crippen LogP contribution in [0, 0.1) is 19.7 Å². The van der Waals surface area contributed by atoms with Gasteiger partial charge in [0.25, 0.3) is 0 Å². The van der Waals surface area contributed by atoms with Crippen molar-refractivity contribution in [3.63, 3.8) is 0 Å². The molecule has 0 bridgehead atoms. The number of carbonyl (C=O) groups is 1. The van der Waals surface area contributed by atoms with Crippen molar-refractivity contribution in [2.24, 2.45) is 0 Å². The Kier molecular flexibility index (Phi) is 4.44. The summed E-state index contributed by atoms with van der Waals surface area (Å²) in [5, 5.41) is 17.0. The number of hydrogen-bond acceptors (Lipinski definition) is 4. The number of halogens is 1. The van der Waals surface area contributed by atoms with Gasteiger partial charge in [0.15, 0.2) is 0 Å². The molecule has 0 radical (unpaired) electrons. The summed E-state index contributed by atoms with van der Waals surface area (Å²) in [4.78, 5) is 15.8. The van der Waals surface area contributed by atoms with Crippen LogP contribution in [0.3, 0.4) is 0 Å². The highest BCUT2D eigenvalue weighted by molar-refractivity contribution is 7.17. The molecule has 0 aliphatic heterocycles. The lowest BCUT2D eigenvalue weighted by Crippen LogP contribution is -1.95. The highest BCUT2D eigenvalue weighted by atomic mass is 32.1. The maximum absolute atomic E-state index is 13.0. The van der Waals surface area contributed by atoms with E-state index in [0.717, 1.165) is 34.6 Å². The minimum absolute atomic E-state index is 0.232. The summed E-state index contributed by atoms with van der Waals surface area (Å²) >= 11 is 1.13. The molecule has 124 valence electrons.